The lowest BCUT2D eigenvalue weighted by atomic mass is 10.2. The van der Waals surface area contributed by atoms with Crippen LogP contribution in [0, 0.1) is 11.8 Å². The van der Waals surface area contributed by atoms with Gasteiger partial charge in [0.15, 0.2) is 0 Å². The number of aliphatic hydroxyl groups is 1. The quantitative estimate of drug-likeness (QED) is 0.515. The van der Waals surface area contributed by atoms with E-state index in [2.05, 4.69) is 11.8 Å². The fourth-order valence-corrected chi connectivity index (χ4v) is 0.804. The molecule has 0 heterocycles. The van der Waals surface area contributed by atoms with Crippen LogP contribution in [0.1, 0.15) is 5.56 Å². The number of benzene rings is 1. The molecular formula is C10H9ClO. The number of halogens is 1. The molecule has 1 N–H and O–H groups in total. The van der Waals surface area contributed by atoms with Crippen molar-refractivity contribution >= 4 is 11.6 Å². The van der Waals surface area contributed by atoms with Gasteiger partial charge in [-0.2, -0.15) is 0 Å². The molecule has 0 aliphatic rings. The summed E-state index contributed by atoms with van der Waals surface area (Å²) >= 11 is 5.37. The zero-order valence-electron chi connectivity index (χ0n) is 6.50. The molecular weight excluding hydrogens is 172 g/mol. The molecule has 1 aromatic rings. The van der Waals surface area contributed by atoms with Crippen LogP contribution >= 0.6 is 11.6 Å². The number of hydrogen-bond acceptors (Lipinski definition) is 1. The van der Waals surface area contributed by atoms with E-state index in [1.54, 1.807) is 0 Å². The van der Waals surface area contributed by atoms with Crippen LogP contribution in [0.15, 0.2) is 30.3 Å². The third-order valence-electron chi connectivity index (χ3n) is 1.30. The van der Waals surface area contributed by atoms with Gasteiger partial charge in [0.1, 0.15) is 6.10 Å². The van der Waals surface area contributed by atoms with Crippen molar-refractivity contribution in [3.63, 3.8) is 0 Å². The third kappa shape index (κ3) is 2.96. The van der Waals surface area contributed by atoms with Crippen molar-refractivity contribution in [1.82, 2.24) is 0 Å². The summed E-state index contributed by atoms with van der Waals surface area (Å²) in [6.45, 7) is 0. The van der Waals surface area contributed by atoms with E-state index in [-0.39, 0.29) is 5.88 Å². The second-order valence-corrected chi connectivity index (χ2v) is 2.61. The van der Waals surface area contributed by atoms with E-state index in [1.165, 1.54) is 0 Å². The first kappa shape index (κ1) is 9.12. The van der Waals surface area contributed by atoms with Crippen LogP contribution in [0.5, 0.6) is 0 Å². The highest BCUT2D eigenvalue weighted by Crippen LogP contribution is 1.95. The molecule has 0 saturated carbocycles. The van der Waals surface area contributed by atoms with Gasteiger partial charge in [0, 0.05) is 5.56 Å². The number of rotatable bonds is 1. The molecule has 0 spiro atoms. The van der Waals surface area contributed by atoms with Crippen molar-refractivity contribution in [3.8, 4) is 11.8 Å². The number of aliphatic hydroxyl groups excluding tert-OH is 1. The first-order valence-corrected chi connectivity index (χ1v) is 4.17. The van der Waals surface area contributed by atoms with Crippen LogP contribution in [-0.2, 0) is 0 Å². The third-order valence-corrected chi connectivity index (χ3v) is 1.60. The Labute approximate surface area is 77.0 Å². The van der Waals surface area contributed by atoms with Gasteiger partial charge >= 0.3 is 0 Å². The van der Waals surface area contributed by atoms with E-state index >= 15 is 0 Å². The molecule has 0 bridgehead atoms. The van der Waals surface area contributed by atoms with Crippen LogP contribution < -0.4 is 0 Å². The van der Waals surface area contributed by atoms with Gasteiger partial charge in [-0.15, -0.1) is 11.6 Å². The minimum absolute atomic E-state index is 0.153. The Bertz CT molecular complexity index is 284. The van der Waals surface area contributed by atoms with Crippen molar-refractivity contribution in [2.75, 3.05) is 5.88 Å². The highest BCUT2D eigenvalue weighted by Gasteiger charge is 1.92. The zero-order chi connectivity index (χ0) is 8.81. The lowest BCUT2D eigenvalue weighted by Gasteiger charge is -1.92. The molecule has 0 aliphatic heterocycles. The van der Waals surface area contributed by atoms with Crippen LogP contribution in [0.3, 0.4) is 0 Å². The van der Waals surface area contributed by atoms with Crippen LogP contribution in [0.2, 0.25) is 0 Å². The predicted octanol–water partition coefficient (Wildman–Crippen LogP) is 1.64. The maximum atomic E-state index is 9.01. The second kappa shape index (κ2) is 4.82. The Hall–Kier alpha value is -0.970. The topological polar surface area (TPSA) is 20.2 Å². The normalized spacial score (nSPS) is 11.5. The fraction of sp³-hybridized carbons (Fsp3) is 0.200. The van der Waals surface area contributed by atoms with E-state index in [9.17, 15) is 0 Å². The first-order valence-electron chi connectivity index (χ1n) is 3.63. The summed E-state index contributed by atoms with van der Waals surface area (Å²) in [5.41, 5.74) is 0.890. The van der Waals surface area contributed by atoms with E-state index in [0.29, 0.717) is 0 Å². The molecule has 0 aromatic heterocycles. The molecule has 12 heavy (non-hydrogen) atoms. The predicted molar refractivity (Wildman–Crippen MR) is 50.0 cm³/mol. The van der Waals surface area contributed by atoms with Gasteiger partial charge in [0.05, 0.1) is 5.88 Å². The first-order chi connectivity index (χ1) is 5.83. The molecule has 2 heteroatoms. The zero-order valence-corrected chi connectivity index (χ0v) is 7.25. The van der Waals surface area contributed by atoms with Gasteiger partial charge in [-0.25, -0.2) is 0 Å². The molecule has 0 amide bonds. The van der Waals surface area contributed by atoms with Gasteiger partial charge in [0.2, 0.25) is 0 Å². The summed E-state index contributed by atoms with van der Waals surface area (Å²) in [5, 5.41) is 9.01. The lowest BCUT2D eigenvalue weighted by molar-refractivity contribution is 0.256. The van der Waals surface area contributed by atoms with Gasteiger partial charge in [0.25, 0.3) is 0 Å². The largest absolute Gasteiger partial charge is 0.379 e. The summed E-state index contributed by atoms with van der Waals surface area (Å²) in [6, 6.07) is 9.49. The van der Waals surface area contributed by atoms with Crippen molar-refractivity contribution in [3.05, 3.63) is 35.9 Å². The number of alkyl halides is 1. The molecule has 1 aromatic carbocycles. The Kier molecular flexibility index (Phi) is 3.66. The van der Waals surface area contributed by atoms with E-state index < -0.39 is 6.10 Å². The highest BCUT2D eigenvalue weighted by atomic mass is 35.5. The van der Waals surface area contributed by atoms with Crippen molar-refractivity contribution in [2.45, 2.75) is 6.10 Å². The van der Waals surface area contributed by atoms with Gasteiger partial charge in [-0.1, -0.05) is 30.0 Å². The smallest absolute Gasteiger partial charge is 0.128 e. The van der Waals surface area contributed by atoms with Gasteiger partial charge < -0.3 is 5.11 Å². The molecule has 1 atom stereocenters. The van der Waals surface area contributed by atoms with Gasteiger partial charge in [-0.3, -0.25) is 0 Å². The summed E-state index contributed by atoms with van der Waals surface area (Å²) < 4.78 is 0. The molecule has 62 valence electrons. The molecule has 0 unspecified atom stereocenters. The Morgan fingerprint density at radius 3 is 2.58 bits per heavy atom. The van der Waals surface area contributed by atoms with Gasteiger partial charge in [-0.05, 0) is 12.1 Å². The van der Waals surface area contributed by atoms with Crippen LogP contribution in [0.4, 0.5) is 0 Å². The maximum Gasteiger partial charge on any atom is 0.128 e. The summed E-state index contributed by atoms with van der Waals surface area (Å²) in [6.07, 6.45) is -0.730. The molecule has 0 saturated heterocycles. The fourth-order valence-electron chi connectivity index (χ4n) is 0.727. The average molecular weight is 181 g/mol. The molecule has 1 nitrogen and oxygen atoms in total. The monoisotopic (exact) mass is 180 g/mol. The minimum atomic E-state index is -0.730. The van der Waals surface area contributed by atoms with E-state index in [1.807, 2.05) is 30.3 Å². The summed E-state index contributed by atoms with van der Waals surface area (Å²) in [5.74, 6) is 5.59. The standard InChI is InChI=1S/C10H9ClO/c11-8-10(12)7-6-9-4-2-1-3-5-9/h1-5,10,12H,8H2/t10-/m0/s1. The lowest BCUT2D eigenvalue weighted by Crippen LogP contribution is -2.03. The van der Waals surface area contributed by atoms with Crippen LogP contribution in [-0.4, -0.2) is 17.1 Å². The molecule has 1 rings (SSSR count). The molecule has 0 radical (unpaired) electrons. The van der Waals surface area contributed by atoms with Crippen LogP contribution in [0.25, 0.3) is 0 Å². The highest BCUT2D eigenvalue weighted by molar-refractivity contribution is 6.18. The van der Waals surface area contributed by atoms with Crippen molar-refractivity contribution in [2.24, 2.45) is 0 Å². The molecule has 0 fully saturated rings. The Morgan fingerprint density at radius 1 is 1.33 bits per heavy atom. The van der Waals surface area contributed by atoms with Crippen molar-refractivity contribution in [1.29, 1.82) is 0 Å². The minimum Gasteiger partial charge on any atom is -0.379 e. The Morgan fingerprint density at radius 2 is 2.00 bits per heavy atom. The van der Waals surface area contributed by atoms with E-state index in [4.69, 9.17) is 16.7 Å². The number of hydrogen-bond donors (Lipinski definition) is 1. The Balaban J connectivity index is 2.67. The SMILES string of the molecule is O[C@@H](C#Cc1ccccc1)CCl. The van der Waals surface area contributed by atoms with Crippen molar-refractivity contribution < 1.29 is 5.11 Å². The molecule has 0 aliphatic carbocycles. The summed E-state index contributed by atoms with van der Waals surface area (Å²) in [7, 11) is 0. The second-order valence-electron chi connectivity index (χ2n) is 2.31. The summed E-state index contributed by atoms with van der Waals surface area (Å²) in [4.78, 5) is 0. The average Bonchev–Trinajstić information content (AvgIpc) is 2.16. The van der Waals surface area contributed by atoms with E-state index in [0.717, 1.165) is 5.56 Å². The maximum absolute atomic E-state index is 9.01.